The van der Waals surface area contributed by atoms with E-state index >= 15 is 0 Å². The van der Waals surface area contributed by atoms with Crippen LogP contribution in [0.25, 0.3) is 10.6 Å². The summed E-state index contributed by atoms with van der Waals surface area (Å²) in [5, 5.41) is 13.3. The second kappa shape index (κ2) is 9.09. The zero-order valence-electron chi connectivity index (χ0n) is 19.8. The van der Waals surface area contributed by atoms with Crippen LogP contribution in [0.4, 0.5) is 5.95 Å². The minimum atomic E-state index is -0.360. The number of carbonyl (C=O) groups is 1. The van der Waals surface area contributed by atoms with Crippen molar-refractivity contribution in [3.8, 4) is 10.6 Å². The first-order valence-electron chi connectivity index (χ1n) is 11.7. The van der Waals surface area contributed by atoms with Gasteiger partial charge in [-0.3, -0.25) is 9.69 Å². The van der Waals surface area contributed by atoms with Crippen LogP contribution in [0.15, 0.2) is 30.2 Å². The molecule has 2 fully saturated rings. The summed E-state index contributed by atoms with van der Waals surface area (Å²) >= 11 is 1.62. The number of amides is 1. The Morgan fingerprint density at radius 3 is 2.76 bits per heavy atom. The van der Waals surface area contributed by atoms with Crippen LogP contribution in [-0.2, 0) is 10.3 Å². The molecule has 2 unspecified atom stereocenters. The van der Waals surface area contributed by atoms with E-state index in [1.807, 2.05) is 17.0 Å². The Bertz CT molecular complexity index is 1120. The number of hydrogen-bond donors (Lipinski definition) is 3. The number of thiophene rings is 1. The number of fused-ring (bicyclic) bond motifs is 3. The molecular formula is C24H31N7O2S. The molecule has 0 spiro atoms. The largest absolute Gasteiger partial charge is 0.375 e. The van der Waals surface area contributed by atoms with E-state index in [1.54, 1.807) is 30.7 Å². The lowest BCUT2D eigenvalue weighted by Gasteiger charge is -2.36. The molecule has 9 nitrogen and oxygen atoms in total. The van der Waals surface area contributed by atoms with Gasteiger partial charge in [-0.25, -0.2) is 9.97 Å². The van der Waals surface area contributed by atoms with Crippen LogP contribution in [-0.4, -0.2) is 77.3 Å². The Kier molecular flexibility index (Phi) is 6.13. The van der Waals surface area contributed by atoms with Gasteiger partial charge in [-0.15, -0.1) is 11.3 Å². The van der Waals surface area contributed by atoms with E-state index in [1.165, 1.54) is 6.21 Å². The van der Waals surface area contributed by atoms with Crippen molar-refractivity contribution in [3.63, 3.8) is 0 Å². The number of rotatable bonds is 8. The SMILES string of the molecule is CN/C(=C\C=N)Nc1nccc(-c2cc3c(s2)C(C)(C)N(CCN2CC4CCC(C2)O4)C3=O)n1. The third-order valence-electron chi connectivity index (χ3n) is 6.87. The minimum Gasteiger partial charge on any atom is -0.375 e. The molecule has 34 heavy (non-hydrogen) atoms. The van der Waals surface area contributed by atoms with Crippen molar-refractivity contribution in [3.05, 3.63) is 40.7 Å². The number of anilines is 1. The van der Waals surface area contributed by atoms with Gasteiger partial charge in [0.2, 0.25) is 5.95 Å². The first kappa shape index (κ1) is 22.9. The van der Waals surface area contributed by atoms with Gasteiger partial charge < -0.3 is 25.7 Å². The average molecular weight is 482 g/mol. The Balaban J connectivity index is 1.31. The summed E-state index contributed by atoms with van der Waals surface area (Å²) in [5.41, 5.74) is 1.18. The van der Waals surface area contributed by atoms with Gasteiger partial charge >= 0.3 is 0 Å². The Morgan fingerprint density at radius 1 is 1.32 bits per heavy atom. The summed E-state index contributed by atoms with van der Waals surface area (Å²) in [6, 6.07) is 3.82. The zero-order valence-corrected chi connectivity index (χ0v) is 20.6. The van der Waals surface area contributed by atoms with E-state index in [-0.39, 0.29) is 11.4 Å². The fourth-order valence-corrected chi connectivity index (χ4v) is 6.34. The summed E-state index contributed by atoms with van der Waals surface area (Å²) < 4.78 is 5.95. The molecule has 3 aliphatic rings. The highest BCUT2D eigenvalue weighted by Gasteiger charge is 2.45. The predicted molar refractivity (Wildman–Crippen MR) is 133 cm³/mol. The standard InChI is InChI=1S/C24H31N7O2S/c1-24(2)21-17(22(32)31(24)11-10-30-13-15-4-5-16(14-30)33-15)12-19(34-21)18-7-9-27-23(28-18)29-20(26-3)6-8-25/h6-9,12,15-16,25-26H,4-5,10-11,13-14H2,1-3H3,(H,27,28,29)/b20-6+,25-8?. The number of nitrogens with one attached hydrogen (secondary N) is 3. The van der Waals surface area contributed by atoms with Gasteiger partial charge in [-0.05, 0) is 44.9 Å². The molecule has 10 heteroatoms. The average Bonchev–Trinajstić information content (AvgIpc) is 3.46. The van der Waals surface area contributed by atoms with Gasteiger partial charge in [0.05, 0.1) is 33.9 Å². The molecule has 0 aliphatic carbocycles. The number of aromatic nitrogens is 2. The lowest BCUT2D eigenvalue weighted by atomic mass is 10.0. The first-order valence-corrected chi connectivity index (χ1v) is 12.5. The number of morpholine rings is 1. The molecule has 5 heterocycles. The van der Waals surface area contributed by atoms with Gasteiger partial charge in [-0.2, -0.15) is 0 Å². The molecule has 2 aromatic rings. The number of carbonyl (C=O) groups excluding carboxylic acids is 1. The van der Waals surface area contributed by atoms with Crippen LogP contribution >= 0.6 is 11.3 Å². The Morgan fingerprint density at radius 2 is 2.09 bits per heavy atom. The zero-order chi connectivity index (χ0) is 23.9. The summed E-state index contributed by atoms with van der Waals surface area (Å²) in [5.74, 6) is 1.15. The van der Waals surface area contributed by atoms with E-state index < -0.39 is 0 Å². The quantitative estimate of drug-likeness (QED) is 0.498. The second-order valence-electron chi connectivity index (χ2n) is 9.47. The molecule has 3 N–H and O–H groups in total. The van der Waals surface area contributed by atoms with Crippen molar-refractivity contribution in [2.24, 2.45) is 0 Å². The fraction of sp³-hybridized carbons (Fsp3) is 0.500. The highest BCUT2D eigenvalue weighted by Crippen LogP contribution is 2.46. The molecule has 0 radical (unpaired) electrons. The van der Waals surface area contributed by atoms with Gasteiger partial charge in [-0.1, -0.05) is 0 Å². The fourth-order valence-electron chi connectivity index (χ4n) is 5.10. The van der Waals surface area contributed by atoms with Crippen LogP contribution in [0.3, 0.4) is 0 Å². The van der Waals surface area contributed by atoms with Crippen molar-refractivity contribution < 1.29 is 9.53 Å². The number of nitrogens with zero attached hydrogens (tertiary/aromatic N) is 4. The molecular weight excluding hydrogens is 450 g/mol. The van der Waals surface area contributed by atoms with Crippen LogP contribution in [0.1, 0.15) is 41.9 Å². The van der Waals surface area contributed by atoms with Gasteiger partial charge in [0.15, 0.2) is 0 Å². The summed E-state index contributed by atoms with van der Waals surface area (Å²) in [6.45, 7) is 7.81. The maximum atomic E-state index is 13.4. The van der Waals surface area contributed by atoms with Crippen molar-refractivity contribution in [1.29, 1.82) is 5.41 Å². The summed E-state index contributed by atoms with van der Waals surface area (Å²) in [7, 11) is 1.76. The second-order valence-corrected chi connectivity index (χ2v) is 10.5. The molecule has 2 aromatic heterocycles. The van der Waals surface area contributed by atoms with Gasteiger partial charge in [0.25, 0.3) is 5.91 Å². The van der Waals surface area contributed by atoms with Crippen LogP contribution in [0.2, 0.25) is 0 Å². The molecule has 1 amide bonds. The first-order chi connectivity index (χ1) is 16.4. The third-order valence-corrected chi connectivity index (χ3v) is 8.34. The van der Waals surface area contributed by atoms with Gasteiger partial charge in [0, 0.05) is 50.5 Å². The normalized spacial score (nSPS) is 23.8. The lowest BCUT2D eigenvalue weighted by molar-refractivity contribution is -0.0411. The molecule has 2 atom stereocenters. The number of hydrogen-bond acceptors (Lipinski definition) is 9. The smallest absolute Gasteiger partial charge is 0.255 e. The topological polar surface area (TPSA) is 106 Å². The third kappa shape index (κ3) is 4.21. The van der Waals surface area contributed by atoms with Gasteiger partial charge in [0.1, 0.15) is 5.82 Å². The molecule has 5 rings (SSSR count). The highest BCUT2D eigenvalue weighted by atomic mass is 32.1. The molecule has 2 saturated heterocycles. The summed E-state index contributed by atoms with van der Waals surface area (Å²) in [6.07, 6.45) is 7.52. The lowest BCUT2D eigenvalue weighted by Crippen LogP contribution is -2.48. The van der Waals surface area contributed by atoms with Crippen LogP contribution in [0.5, 0.6) is 0 Å². The van der Waals surface area contributed by atoms with E-state index in [4.69, 9.17) is 10.1 Å². The molecule has 2 bridgehead atoms. The number of allylic oxidation sites excluding steroid dienone is 1. The van der Waals surface area contributed by atoms with E-state index in [0.717, 1.165) is 60.0 Å². The van der Waals surface area contributed by atoms with Crippen LogP contribution in [0, 0.1) is 5.41 Å². The number of likely N-dealkylation sites (tertiary alicyclic amines) is 1. The highest BCUT2D eigenvalue weighted by molar-refractivity contribution is 7.16. The van der Waals surface area contributed by atoms with Crippen molar-refractivity contribution in [2.45, 2.75) is 44.4 Å². The molecule has 0 aromatic carbocycles. The van der Waals surface area contributed by atoms with Crippen LogP contribution < -0.4 is 10.6 Å². The number of ether oxygens (including phenoxy) is 1. The van der Waals surface area contributed by atoms with E-state index in [9.17, 15) is 4.79 Å². The molecule has 180 valence electrons. The maximum absolute atomic E-state index is 13.4. The maximum Gasteiger partial charge on any atom is 0.255 e. The van der Waals surface area contributed by atoms with Crippen molar-refractivity contribution >= 4 is 29.4 Å². The molecule has 3 aliphatic heterocycles. The van der Waals surface area contributed by atoms with E-state index in [2.05, 4.69) is 39.3 Å². The Hall–Kier alpha value is -2.82. The molecule has 0 saturated carbocycles. The van der Waals surface area contributed by atoms with E-state index in [0.29, 0.717) is 24.0 Å². The predicted octanol–water partition coefficient (Wildman–Crippen LogP) is 2.88. The van der Waals surface area contributed by atoms with Crippen molar-refractivity contribution in [1.82, 2.24) is 25.1 Å². The summed E-state index contributed by atoms with van der Waals surface area (Å²) in [4.78, 5) is 28.8. The monoisotopic (exact) mass is 481 g/mol. The minimum absolute atomic E-state index is 0.0949. The Labute approximate surface area is 203 Å². The van der Waals surface area contributed by atoms with Crippen molar-refractivity contribution in [2.75, 3.05) is 38.5 Å².